The molecule has 226 valence electrons. The van der Waals surface area contributed by atoms with Gasteiger partial charge in [-0.1, -0.05) is 77.5 Å². The monoisotopic (exact) mass is 699 g/mol. The van der Waals surface area contributed by atoms with Gasteiger partial charge in [0.25, 0.3) is 11.5 Å². The number of amides is 1. The maximum atomic E-state index is 14.1. The average molecular weight is 701 g/mol. The minimum atomic E-state index is -0.713. The standard InChI is InChI=1S/C35H27BrClN3O4S/c1-21-31(33(41)39-25-11-4-3-5-12-25)32(23-10-8-13-26(19-23)43-2)40-34(42)30(45-35(40)38-21)18-22-15-16-29(27(36)17-22)44-20-24-9-6-7-14-28(24)37/h3-19,32H,20H2,1-2H3,(H,39,41)/b30-18-/t32-/m1/s1. The molecule has 0 bridgehead atoms. The first kappa shape index (κ1) is 30.6. The molecule has 4 aromatic carbocycles. The summed E-state index contributed by atoms with van der Waals surface area (Å²) in [4.78, 5) is 33.1. The lowest BCUT2D eigenvalue weighted by Crippen LogP contribution is -2.40. The summed E-state index contributed by atoms with van der Waals surface area (Å²) in [5.41, 5.74) is 3.73. The molecule has 0 unspecified atom stereocenters. The maximum Gasteiger partial charge on any atom is 0.271 e. The number of allylic oxidation sites excluding steroid dienone is 1. The number of hydrogen-bond donors (Lipinski definition) is 1. The lowest BCUT2D eigenvalue weighted by molar-refractivity contribution is -0.113. The van der Waals surface area contributed by atoms with E-state index in [0.29, 0.717) is 49.4 Å². The van der Waals surface area contributed by atoms with Crippen molar-refractivity contribution in [3.63, 3.8) is 0 Å². The van der Waals surface area contributed by atoms with Crippen molar-refractivity contribution in [2.24, 2.45) is 4.99 Å². The highest BCUT2D eigenvalue weighted by atomic mass is 79.9. The number of ether oxygens (including phenoxy) is 2. The number of anilines is 1. The lowest BCUT2D eigenvalue weighted by Gasteiger charge is -2.25. The summed E-state index contributed by atoms with van der Waals surface area (Å²) in [6, 6.07) is 29.0. The van der Waals surface area contributed by atoms with E-state index in [9.17, 15) is 9.59 Å². The van der Waals surface area contributed by atoms with Gasteiger partial charge < -0.3 is 14.8 Å². The molecule has 1 aliphatic heterocycles. The van der Waals surface area contributed by atoms with Crippen molar-refractivity contribution in [1.29, 1.82) is 0 Å². The van der Waals surface area contributed by atoms with Gasteiger partial charge in [-0.05, 0) is 82.5 Å². The first-order valence-electron chi connectivity index (χ1n) is 14.0. The Morgan fingerprint density at radius 1 is 1.04 bits per heavy atom. The van der Waals surface area contributed by atoms with Crippen LogP contribution in [0.5, 0.6) is 11.5 Å². The van der Waals surface area contributed by atoms with Gasteiger partial charge in [-0.3, -0.25) is 14.2 Å². The molecule has 6 rings (SSSR count). The smallest absolute Gasteiger partial charge is 0.271 e. The minimum Gasteiger partial charge on any atom is -0.497 e. The second kappa shape index (κ2) is 13.3. The molecule has 1 atom stereocenters. The number of nitrogens with zero attached hydrogens (tertiary/aromatic N) is 2. The van der Waals surface area contributed by atoms with E-state index in [4.69, 9.17) is 26.1 Å². The van der Waals surface area contributed by atoms with Gasteiger partial charge in [0, 0.05) is 16.3 Å². The van der Waals surface area contributed by atoms with Crippen LogP contribution in [0.2, 0.25) is 5.02 Å². The average Bonchev–Trinajstić information content (AvgIpc) is 3.34. The predicted octanol–water partition coefficient (Wildman–Crippen LogP) is 6.88. The van der Waals surface area contributed by atoms with E-state index in [0.717, 1.165) is 21.2 Å². The van der Waals surface area contributed by atoms with Crippen LogP contribution in [0.4, 0.5) is 5.69 Å². The number of carbonyl (C=O) groups excluding carboxylic acids is 1. The van der Waals surface area contributed by atoms with Gasteiger partial charge >= 0.3 is 0 Å². The normalized spacial score (nSPS) is 14.5. The molecule has 45 heavy (non-hydrogen) atoms. The zero-order chi connectivity index (χ0) is 31.5. The summed E-state index contributed by atoms with van der Waals surface area (Å²) in [5, 5.41) is 3.61. The van der Waals surface area contributed by atoms with Crippen LogP contribution in [-0.4, -0.2) is 17.6 Å². The van der Waals surface area contributed by atoms with Crippen LogP contribution < -0.4 is 29.7 Å². The van der Waals surface area contributed by atoms with E-state index in [1.54, 1.807) is 18.6 Å². The Morgan fingerprint density at radius 2 is 1.82 bits per heavy atom. The number of benzene rings is 4. The van der Waals surface area contributed by atoms with E-state index in [-0.39, 0.29) is 11.5 Å². The number of halogens is 2. The molecule has 1 amide bonds. The van der Waals surface area contributed by atoms with E-state index < -0.39 is 6.04 Å². The van der Waals surface area contributed by atoms with Gasteiger partial charge in [0.05, 0.1) is 33.4 Å². The number of methoxy groups -OCH3 is 1. The highest BCUT2D eigenvalue weighted by molar-refractivity contribution is 9.10. The fourth-order valence-electron chi connectivity index (χ4n) is 5.10. The second-order valence-corrected chi connectivity index (χ2v) is 12.5. The molecule has 7 nitrogen and oxygen atoms in total. The largest absolute Gasteiger partial charge is 0.497 e. The molecule has 0 aliphatic carbocycles. The van der Waals surface area contributed by atoms with Crippen LogP contribution in [0.25, 0.3) is 6.08 Å². The highest BCUT2D eigenvalue weighted by Gasteiger charge is 2.32. The van der Waals surface area contributed by atoms with Crippen LogP contribution in [0.3, 0.4) is 0 Å². The number of para-hydroxylation sites is 1. The predicted molar refractivity (Wildman–Crippen MR) is 182 cm³/mol. The molecule has 0 saturated carbocycles. The number of nitrogens with one attached hydrogen (secondary N) is 1. The molecular weight excluding hydrogens is 674 g/mol. The Bertz CT molecular complexity index is 2120. The summed E-state index contributed by atoms with van der Waals surface area (Å²) in [6.07, 6.45) is 1.82. The summed E-state index contributed by atoms with van der Waals surface area (Å²) in [6.45, 7) is 2.11. The molecule has 5 aromatic rings. The first-order chi connectivity index (χ1) is 21.8. The molecule has 0 saturated heterocycles. The highest BCUT2D eigenvalue weighted by Crippen LogP contribution is 2.33. The Hall–Kier alpha value is -4.44. The number of fused-ring (bicyclic) bond motifs is 1. The maximum absolute atomic E-state index is 14.1. The fourth-order valence-corrected chi connectivity index (χ4v) is 6.85. The first-order valence-corrected chi connectivity index (χ1v) is 16.0. The fraction of sp³-hybridized carbons (Fsp3) is 0.114. The van der Waals surface area contributed by atoms with Crippen LogP contribution in [0.15, 0.2) is 123 Å². The Labute approximate surface area is 276 Å². The third-order valence-corrected chi connectivity index (χ3v) is 9.27. The van der Waals surface area contributed by atoms with Crippen molar-refractivity contribution in [2.75, 3.05) is 12.4 Å². The number of rotatable bonds is 8. The molecule has 1 aliphatic rings. The van der Waals surface area contributed by atoms with E-state index in [2.05, 4.69) is 21.2 Å². The quantitative estimate of drug-likeness (QED) is 0.192. The third-order valence-electron chi connectivity index (χ3n) is 7.30. The van der Waals surface area contributed by atoms with Gasteiger partial charge in [0.2, 0.25) is 0 Å². The van der Waals surface area contributed by atoms with Gasteiger partial charge in [0.1, 0.15) is 18.1 Å². The Kier molecular flexibility index (Phi) is 9.02. The van der Waals surface area contributed by atoms with Crippen molar-refractivity contribution in [3.8, 4) is 11.5 Å². The van der Waals surface area contributed by atoms with Crippen molar-refractivity contribution in [3.05, 3.63) is 154 Å². The Morgan fingerprint density at radius 3 is 2.58 bits per heavy atom. The van der Waals surface area contributed by atoms with Gasteiger partial charge in [0.15, 0.2) is 4.80 Å². The lowest BCUT2D eigenvalue weighted by atomic mass is 9.95. The number of aromatic nitrogens is 1. The topological polar surface area (TPSA) is 81.9 Å². The van der Waals surface area contributed by atoms with E-state index in [1.807, 2.05) is 103 Å². The third kappa shape index (κ3) is 6.51. The molecule has 0 spiro atoms. The summed E-state index contributed by atoms with van der Waals surface area (Å²) < 4.78 is 14.3. The second-order valence-electron chi connectivity index (χ2n) is 10.2. The molecule has 0 radical (unpaired) electrons. The number of carbonyl (C=O) groups is 1. The van der Waals surface area contributed by atoms with Crippen molar-refractivity contribution >= 4 is 56.5 Å². The van der Waals surface area contributed by atoms with E-state index in [1.165, 1.54) is 11.3 Å². The minimum absolute atomic E-state index is 0.251. The molecule has 2 heterocycles. The van der Waals surface area contributed by atoms with Crippen molar-refractivity contribution in [2.45, 2.75) is 19.6 Å². The SMILES string of the molecule is COc1cccc([C@@H]2C(C(=O)Nc3ccccc3)=C(C)N=c3s/c(=C\c4ccc(OCc5ccccc5Cl)c(Br)c4)c(=O)n32)c1. The van der Waals surface area contributed by atoms with E-state index >= 15 is 0 Å². The van der Waals surface area contributed by atoms with Crippen LogP contribution in [0.1, 0.15) is 29.7 Å². The summed E-state index contributed by atoms with van der Waals surface area (Å²) in [5.74, 6) is 0.936. The number of thiazole rings is 1. The molecular formula is C35H27BrClN3O4S. The number of hydrogen-bond acceptors (Lipinski definition) is 6. The van der Waals surface area contributed by atoms with Crippen LogP contribution in [0, 0.1) is 0 Å². The van der Waals surface area contributed by atoms with Crippen LogP contribution in [-0.2, 0) is 11.4 Å². The molecule has 0 fully saturated rings. The summed E-state index contributed by atoms with van der Waals surface area (Å²) >= 11 is 11.2. The van der Waals surface area contributed by atoms with Gasteiger partial charge in [-0.25, -0.2) is 4.99 Å². The Balaban J connectivity index is 1.38. The molecule has 10 heteroatoms. The summed E-state index contributed by atoms with van der Waals surface area (Å²) in [7, 11) is 1.58. The zero-order valence-electron chi connectivity index (χ0n) is 24.3. The van der Waals surface area contributed by atoms with Gasteiger partial charge in [-0.2, -0.15) is 0 Å². The van der Waals surface area contributed by atoms with Crippen molar-refractivity contribution < 1.29 is 14.3 Å². The van der Waals surface area contributed by atoms with Gasteiger partial charge in [-0.15, -0.1) is 0 Å². The van der Waals surface area contributed by atoms with Crippen molar-refractivity contribution in [1.82, 2.24) is 4.57 Å². The van der Waals surface area contributed by atoms with Crippen LogP contribution >= 0.6 is 38.9 Å². The zero-order valence-corrected chi connectivity index (χ0v) is 27.4. The molecule has 1 N–H and O–H groups in total. The molecule has 1 aromatic heterocycles.